The summed E-state index contributed by atoms with van der Waals surface area (Å²) >= 11 is 0. The second-order valence-corrected chi connectivity index (χ2v) is 3.96. The standard InChI is InChI=1S/C14H12F2O2/c1-9-2-4-11(5-3-9)18-14-12(15)6-10(8-17)7-13(14)16/h2-7,17H,8H2,1H3. The van der Waals surface area contributed by atoms with Gasteiger partial charge in [-0.05, 0) is 36.8 Å². The molecule has 2 nitrogen and oxygen atoms in total. The minimum absolute atomic E-state index is 0.168. The van der Waals surface area contributed by atoms with Crippen molar-refractivity contribution < 1.29 is 18.6 Å². The van der Waals surface area contributed by atoms with Crippen molar-refractivity contribution in [2.75, 3.05) is 0 Å². The molecule has 0 aliphatic heterocycles. The van der Waals surface area contributed by atoms with Crippen LogP contribution in [0.15, 0.2) is 36.4 Å². The molecule has 0 aliphatic carbocycles. The summed E-state index contributed by atoms with van der Waals surface area (Å²) in [6, 6.07) is 8.93. The van der Waals surface area contributed by atoms with Crippen molar-refractivity contribution in [2.24, 2.45) is 0 Å². The summed E-state index contributed by atoms with van der Waals surface area (Å²) in [5, 5.41) is 8.82. The van der Waals surface area contributed by atoms with Gasteiger partial charge in [-0.1, -0.05) is 17.7 Å². The number of benzene rings is 2. The zero-order chi connectivity index (χ0) is 13.1. The molecule has 0 aliphatic rings. The van der Waals surface area contributed by atoms with Crippen molar-refractivity contribution in [3.63, 3.8) is 0 Å². The number of halogens is 2. The first kappa shape index (κ1) is 12.5. The molecule has 1 N–H and O–H groups in total. The van der Waals surface area contributed by atoms with Crippen LogP contribution < -0.4 is 4.74 Å². The third kappa shape index (κ3) is 2.65. The molecule has 0 saturated carbocycles. The molecule has 4 heteroatoms. The molecule has 0 fully saturated rings. The second kappa shape index (κ2) is 5.14. The number of aryl methyl sites for hydroxylation is 1. The molecule has 0 saturated heterocycles. The van der Waals surface area contributed by atoms with Crippen LogP contribution in [0.1, 0.15) is 11.1 Å². The maximum Gasteiger partial charge on any atom is 0.198 e. The van der Waals surface area contributed by atoms with E-state index in [4.69, 9.17) is 9.84 Å². The van der Waals surface area contributed by atoms with Gasteiger partial charge in [0.05, 0.1) is 6.61 Å². The molecule has 18 heavy (non-hydrogen) atoms. The smallest absolute Gasteiger partial charge is 0.198 e. The normalized spacial score (nSPS) is 10.4. The molecule has 0 atom stereocenters. The zero-order valence-electron chi connectivity index (χ0n) is 9.78. The Morgan fingerprint density at radius 3 is 2.11 bits per heavy atom. The predicted octanol–water partition coefficient (Wildman–Crippen LogP) is 3.56. The van der Waals surface area contributed by atoms with Gasteiger partial charge in [0.15, 0.2) is 17.4 Å². The number of aliphatic hydroxyl groups excluding tert-OH is 1. The Bertz CT molecular complexity index is 527. The highest BCUT2D eigenvalue weighted by Gasteiger charge is 2.13. The molecule has 2 aromatic carbocycles. The average molecular weight is 250 g/mol. The molecule has 2 rings (SSSR count). The van der Waals surface area contributed by atoms with E-state index in [-0.39, 0.29) is 5.56 Å². The number of rotatable bonds is 3. The Balaban J connectivity index is 2.31. The SMILES string of the molecule is Cc1ccc(Oc2c(F)cc(CO)cc2F)cc1. The van der Waals surface area contributed by atoms with Gasteiger partial charge < -0.3 is 9.84 Å². The molecule has 0 spiro atoms. The first-order valence-electron chi connectivity index (χ1n) is 5.43. The highest BCUT2D eigenvalue weighted by atomic mass is 19.1. The molecule has 0 amide bonds. The topological polar surface area (TPSA) is 29.5 Å². The van der Waals surface area contributed by atoms with E-state index in [9.17, 15) is 8.78 Å². The Morgan fingerprint density at radius 2 is 1.61 bits per heavy atom. The van der Waals surface area contributed by atoms with Crippen molar-refractivity contribution in [1.82, 2.24) is 0 Å². The van der Waals surface area contributed by atoms with E-state index in [1.165, 1.54) is 0 Å². The van der Waals surface area contributed by atoms with E-state index < -0.39 is 24.0 Å². The van der Waals surface area contributed by atoms with Gasteiger partial charge in [-0.2, -0.15) is 0 Å². The fourth-order valence-electron chi connectivity index (χ4n) is 1.53. The monoisotopic (exact) mass is 250 g/mol. The third-order valence-electron chi connectivity index (χ3n) is 2.48. The van der Waals surface area contributed by atoms with E-state index in [2.05, 4.69) is 0 Å². The summed E-state index contributed by atoms with van der Waals surface area (Å²) in [6.07, 6.45) is 0. The summed E-state index contributed by atoms with van der Waals surface area (Å²) < 4.78 is 32.3. The molecule has 94 valence electrons. The van der Waals surface area contributed by atoms with Crippen molar-refractivity contribution in [3.05, 3.63) is 59.2 Å². The minimum Gasteiger partial charge on any atom is -0.451 e. The quantitative estimate of drug-likeness (QED) is 0.902. The molecule has 2 aromatic rings. The first-order valence-corrected chi connectivity index (χ1v) is 5.43. The lowest BCUT2D eigenvalue weighted by Gasteiger charge is -2.09. The number of hydrogen-bond donors (Lipinski definition) is 1. The van der Waals surface area contributed by atoms with Crippen molar-refractivity contribution in [1.29, 1.82) is 0 Å². The van der Waals surface area contributed by atoms with Gasteiger partial charge in [-0.15, -0.1) is 0 Å². The van der Waals surface area contributed by atoms with Gasteiger partial charge in [-0.25, -0.2) is 8.78 Å². The van der Waals surface area contributed by atoms with Gasteiger partial charge in [0.25, 0.3) is 0 Å². The first-order chi connectivity index (χ1) is 8.60. The lowest BCUT2D eigenvalue weighted by Crippen LogP contribution is -1.95. The van der Waals surface area contributed by atoms with Crippen LogP contribution in [-0.4, -0.2) is 5.11 Å². The Labute approximate surface area is 103 Å². The molecular formula is C14H12F2O2. The molecule has 0 radical (unpaired) electrons. The molecule has 0 bridgehead atoms. The number of aliphatic hydroxyl groups is 1. The van der Waals surface area contributed by atoms with Crippen LogP contribution >= 0.6 is 0 Å². The summed E-state index contributed by atoms with van der Waals surface area (Å²) in [6.45, 7) is 1.49. The van der Waals surface area contributed by atoms with Crippen LogP contribution in [0.5, 0.6) is 11.5 Å². The average Bonchev–Trinajstić information content (AvgIpc) is 2.35. The molecule has 0 heterocycles. The Kier molecular flexibility index (Phi) is 3.58. The van der Waals surface area contributed by atoms with E-state index >= 15 is 0 Å². The van der Waals surface area contributed by atoms with Crippen LogP contribution in [0.3, 0.4) is 0 Å². The lowest BCUT2D eigenvalue weighted by atomic mass is 10.2. The van der Waals surface area contributed by atoms with E-state index in [1.807, 2.05) is 6.92 Å². The highest BCUT2D eigenvalue weighted by molar-refractivity contribution is 5.36. The minimum atomic E-state index is -0.834. The maximum atomic E-state index is 13.6. The summed E-state index contributed by atoms with van der Waals surface area (Å²) in [5.74, 6) is -1.77. The summed E-state index contributed by atoms with van der Waals surface area (Å²) in [7, 11) is 0. The highest BCUT2D eigenvalue weighted by Crippen LogP contribution is 2.28. The van der Waals surface area contributed by atoms with Crippen molar-refractivity contribution in [3.8, 4) is 11.5 Å². The van der Waals surface area contributed by atoms with Crippen molar-refractivity contribution >= 4 is 0 Å². The maximum absolute atomic E-state index is 13.6. The summed E-state index contributed by atoms with van der Waals surface area (Å²) in [5.41, 5.74) is 1.19. The van der Waals surface area contributed by atoms with Crippen LogP contribution in [-0.2, 0) is 6.61 Å². The van der Waals surface area contributed by atoms with Crippen LogP contribution in [0.25, 0.3) is 0 Å². The van der Waals surface area contributed by atoms with Gasteiger partial charge in [0.2, 0.25) is 0 Å². The number of ether oxygens (including phenoxy) is 1. The largest absolute Gasteiger partial charge is 0.451 e. The van der Waals surface area contributed by atoms with E-state index in [0.29, 0.717) is 5.75 Å². The van der Waals surface area contributed by atoms with Crippen LogP contribution in [0.2, 0.25) is 0 Å². The fraction of sp³-hybridized carbons (Fsp3) is 0.143. The second-order valence-electron chi connectivity index (χ2n) is 3.96. The molecule has 0 aromatic heterocycles. The van der Waals surface area contributed by atoms with Crippen LogP contribution in [0, 0.1) is 18.6 Å². The van der Waals surface area contributed by atoms with E-state index in [1.54, 1.807) is 24.3 Å². The Hall–Kier alpha value is -1.94. The van der Waals surface area contributed by atoms with Crippen molar-refractivity contribution in [2.45, 2.75) is 13.5 Å². The molecule has 0 unspecified atom stereocenters. The van der Waals surface area contributed by atoms with E-state index in [0.717, 1.165) is 17.7 Å². The van der Waals surface area contributed by atoms with Crippen LogP contribution in [0.4, 0.5) is 8.78 Å². The van der Waals surface area contributed by atoms with Gasteiger partial charge >= 0.3 is 0 Å². The Morgan fingerprint density at radius 1 is 1.06 bits per heavy atom. The third-order valence-corrected chi connectivity index (χ3v) is 2.48. The fourth-order valence-corrected chi connectivity index (χ4v) is 1.53. The zero-order valence-corrected chi connectivity index (χ0v) is 9.78. The number of hydrogen-bond acceptors (Lipinski definition) is 2. The van der Waals surface area contributed by atoms with Gasteiger partial charge in [0, 0.05) is 0 Å². The predicted molar refractivity (Wildman–Crippen MR) is 63.5 cm³/mol. The summed E-state index contributed by atoms with van der Waals surface area (Å²) in [4.78, 5) is 0. The van der Waals surface area contributed by atoms with Gasteiger partial charge in [-0.3, -0.25) is 0 Å². The van der Waals surface area contributed by atoms with Gasteiger partial charge in [0.1, 0.15) is 5.75 Å². The lowest BCUT2D eigenvalue weighted by molar-refractivity contribution is 0.279. The molecular weight excluding hydrogens is 238 g/mol.